The molecule has 1 aromatic heterocycles. The number of ether oxygens (including phenoxy) is 1. The van der Waals surface area contributed by atoms with Crippen LogP contribution in [-0.4, -0.2) is 35.1 Å². The minimum atomic E-state index is -0.929. The summed E-state index contributed by atoms with van der Waals surface area (Å²) in [6.07, 6.45) is 4.62. The Balaban J connectivity index is 1.43. The van der Waals surface area contributed by atoms with Crippen LogP contribution in [0.25, 0.3) is 11.3 Å². The number of rotatable bonds is 12. The number of benzene rings is 2. The third kappa shape index (κ3) is 9.02. The van der Waals surface area contributed by atoms with Crippen LogP contribution < -0.4 is 10.1 Å². The Morgan fingerprint density at radius 2 is 1.61 bits per heavy atom. The zero-order valence-electron chi connectivity index (χ0n) is 23.2. The first-order chi connectivity index (χ1) is 17.9. The van der Waals surface area contributed by atoms with Gasteiger partial charge in [0.15, 0.2) is 0 Å². The number of pyridine rings is 1. The minimum Gasteiger partial charge on any atom is -0.491 e. The molecule has 0 unspecified atom stereocenters. The molecular formula is C32H40N2O4. The molecule has 0 aliphatic heterocycles. The maximum Gasteiger partial charge on any atom is 0.305 e. The number of aromatic nitrogens is 1. The van der Waals surface area contributed by atoms with Crippen LogP contribution in [0.15, 0.2) is 66.9 Å². The highest BCUT2D eigenvalue weighted by Gasteiger charge is 2.19. The van der Waals surface area contributed by atoms with Crippen molar-refractivity contribution in [3.05, 3.63) is 83.6 Å². The van der Waals surface area contributed by atoms with E-state index in [2.05, 4.69) is 69.2 Å². The van der Waals surface area contributed by atoms with Gasteiger partial charge < -0.3 is 15.2 Å². The third-order valence-electron chi connectivity index (χ3n) is 6.57. The van der Waals surface area contributed by atoms with E-state index < -0.39 is 5.97 Å². The molecule has 1 amide bonds. The van der Waals surface area contributed by atoms with Crippen molar-refractivity contribution >= 4 is 11.9 Å². The first-order valence-corrected chi connectivity index (χ1v) is 13.2. The lowest BCUT2D eigenvalue weighted by molar-refractivity contribution is -0.136. The molecule has 0 radical (unpaired) electrons. The second kappa shape index (κ2) is 12.7. The van der Waals surface area contributed by atoms with E-state index in [-0.39, 0.29) is 29.7 Å². The number of nitrogens with one attached hydrogen (secondary N) is 1. The molecule has 38 heavy (non-hydrogen) atoms. The summed E-state index contributed by atoms with van der Waals surface area (Å²) in [7, 11) is 0. The molecule has 3 rings (SSSR count). The lowest BCUT2D eigenvalue weighted by Gasteiger charge is -2.24. The topological polar surface area (TPSA) is 88.5 Å². The Bertz CT molecular complexity index is 1190. The van der Waals surface area contributed by atoms with E-state index in [1.165, 1.54) is 11.1 Å². The van der Waals surface area contributed by atoms with Gasteiger partial charge in [0.1, 0.15) is 5.75 Å². The molecule has 0 atom stereocenters. The fourth-order valence-electron chi connectivity index (χ4n) is 4.11. The van der Waals surface area contributed by atoms with Crippen LogP contribution in [0, 0.1) is 5.41 Å². The second-order valence-electron chi connectivity index (χ2n) is 11.6. The number of amides is 1. The summed E-state index contributed by atoms with van der Waals surface area (Å²) >= 11 is 0. The van der Waals surface area contributed by atoms with Crippen molar-refractivity contribution in [1.29, 1.82) is 0 Å². The van der Waals surface area contributed by atoms with Gasteiger partial charge in [-0.15, -0.1) is 0 Å². The smallest absolute Gasteiger partial charge is 0.305 e. The largest absolute Gasteiger partial charge is 0.491 e. The number of hydrogen-bond acceptors (Lipinski definition) is 4. The number of aryl methyl sites for hydroxylation is 1. The lowest BCUT2D eigenvalue weighted by Crippen LogP contribution is -2.25. The summed E-state index contributed by atoms with van der Waals surface area (Å²) in [6, 6.07) is 20.1. The van der Waals surface area contributed by atoms with Gasteiger partial charge in [-0.1, -0.05) is 71.0 Å². The van der Waals surface area contributed by atoms with Gasteiger partial charge in [-0.05, 0) is 65.5 Å². The van der Waals surface area contributed by atoms with Gasteiger partial charge in [0.05, 0.1) is 24.9 Å². The fourth-order valence-corrected chi connectivity index (χ4v) is 4.11. The van der Waals surface area contributed by atoms with Crippen molar-refractivity contribution in [3.8, 4) is 17.0 Å². The maximum atomic E-state index is 12.1. The van der Waals surface area contributed by atoms with Gasteiger partial charge in [-0.2, -0.15) is 0 Å². The second-order valence-corrected chi connectivity index (χ2v) is 11.6. The Hall–Kier alpha value is -3.67. The average molecular weight is 517 g/mol. The van der Waals surface area contributed by atoms with Crippen molar-refractivity contribution in [2.45, 2.75) is 65.7 Å². The van der Waals surface area contributed by atoms with Gasteiger partial charge in [0.25, 0.3) is 5.91 Å². The summed E-state index contributed by atoms with van der Waals surface area (Å²) in [4.78, 5) is 27.3. The van der Waals surface area contributed by atoms with Crippen molar-refractivity contribution in [2.75, 3.05) is 13.2 Å². The quantitative estimate of drug-likeness (QED) is 0.280. The van der Waals surface area contributed by atoms with Crippen LogP contribution in [-0.2, 0) is 16.6 Å². The fraction of sp³-hybridized carbons (Fsp3) is 0.406. The number of carboxylic acids is 1. The van der Waals surface area contributed by atoms with E-state index in [1.54, 1.807) is 18.3 Å². The van der Waals surface area contributed by atoms with E-state index in [1.807, 2.05) is 24.3 Å². The highest BCUT2D eigenvalue weighted by atomic mass is 16.5. The average Bonchev–Trinajstić information content (AvgIpc) is 2.87. The normalized spacial score (nSPS) is 11.7. The monoisotopic (exact) mass is 516 g/mol. The molecule has 2 N–H and O–H groups in total. The van der Waals surface area contributed by atoms with Crippen LogP contribution in [0.1, 0.15) is 75.4 Å². The van der Waals surface area contributed by atoms with E-state index in [0.717, 1.165) is 36.3 Å². The summed E-state index contributed by atoms with van der Waals surface area (Å²) in [5.74, 6) is -0.413. The predicted octanol–water partition coefficient (Wildman–Crippen LogP) is 6.68. The van der Waals surface area contributed by atoms with Crippen LogP contribution in [0.5, 0.6) is 5.75 Å². The molecule has 6 heteroatoms. The highest BCUT2D eigenvalue weighted by Crippen LogP contribution is 2.28. The molecule has 202 valence electrons. The molecular weight excluding hydrogens is 476 g/mol. The number of aliphatic carboxylic acids is 1. The molecule has 0 saturated heterocycles. The number of hydrogen-bond donors (Lipinski definition) is 2. The van der Waals surface area contributed by atoms with E-state index in [4.69, 9.17) is 9.84 Å². The molecule has 6 nitrogen and oxygen atoms in total. The molecule has 3 aromatic rings. The van der Waals surface area contributed by atoms with Crippen molar-refractivity contribution in [3.63, 3.8) is 0 Å². The van der Waals surface area contributed by atoms with Crippen LogP contribution in [0.2, 0.25) is 0 Å². The van der Waals surface area contributed by atoms with Gasteiger partial charge in [0.2, 0.25) is 0 Å². The zero-order valence-corrected chi connectivity index (χ0v) is 23.2. The van der Waals surface area contributed by atoms with Gasteiger partial charge in [-0.3, -0.25) is 14.6 Å². The van der Waals surface area contributed by atoms with E-state index in [9.17, 15) is 9.59 Å². The maximum absolute atomic E-state index is 12.1. The number of nitrogens with zero attached hydrogens (tertiary/aromatic N) is 1. The molecule has 0 aliphatic carbocycles. The number of carbonyl (C=O) groups is 2. The Labute approximate surface area is 226 Å². The molecule has 0 bridgehead atoms. The first kappa shape index (κ1) is 28.9. The van der Waals surface area contributed by atoms with Crippen LogP contribution in [0.4, 0.5) is 0 Å². The molecule has 1 heterocycles. The Morgan fingerprint density at radius 1 is 0.921 bits per heavy atom. The van der Waals surface area contributed by atoms with Crippen molar-refractivity contribution in [1.82, 2.24) is 10.3 Å². The predicted molar refractivity (Wildman–Crippen MR) is 152 cm³/mol. The number of carbonyl (C=O) groups excluding carboxylic acids is 1. The van der Waals surface area contributed by atoms with E-state index in [0.29, 0.717) is 12.2 Å². The highest BCUT2D eigenvalue weighted by molar-refractivity contribution is 5.94. The Kier molecular flexibility index (Phi) is 9.67. The SMILES string of the molecule is CC(C)(CCCc1ccc(C(=O)NCCC(=O)O)cc1)COc1ccc(-c2ccc(C(C)(C)C)cc2)nc1. The first-order valence-electron chi connectivity index (χ1n) is 13.2. The van der Waals surface area contributed by atoms with Crippen molar-refractivity contribution < 1.29 is 19.4 Å². The molecule has 0 spiro atoms. The summed E-state index contributed by atoms with van der Waals surface area (Å²) in [6.45, 7) is 11.8. The third-order valence-corrected chi connectivity index (χ3v) is 6.57. The van der Waals surface area contributed by atoms with E-state index >= 15 is 0 Å². The molecule has 0 aliphatic rings. The minimum absolute atomic E-state index is 0.00538. The number of carboxylic acid groups (broad SMARTS) is 1. The molecule has 2 aromatic carbocycles. The van der Waals surface area contributed by atoms with Crippen molar-refractivity contribution in [2.24, 2.45) is 5.41 Å². The van der Waals surface area contributed by atoms with Gasteiger partial charge in [-0.25, -0.2) is 0 Å². The summed E-state index contributed by atoms with van der Waals surface area (Å²) < 4.78 is 6.07. The van der Waals surface area contributed by atoms with Crippen LogP contribution in [0.3, 0.4) is 0 Å². The van der Waals surface area contributed by atoms with Gasteiger partial charge in [0, 0.05) is 17.7 Å². The standard InChI is InChI=1S/C32H40N2O4/c1-31(2,3)26-14-12-24(13-15-26)28-17-16-27(21-34-28)38-22-32(4,5)19-6-7-23-8-10-25(11-9-23)30(37)33-20-18-29(35)36/h8-17,21H,6-7,18-20,22H2,1-5H3,(H,33,37)(H,35,36). The lowest BCUT2D eigenvalue weighted by atomic mass is 9.86. The van der Waals surface area contributed by atoms with Gasteiger partial charge >= 0.3 is 5.97 Å². The molecule has 0 fully saturated rings. The Morgan fingerprint density at radius 3 is 2.18 bits per heavy atom. The molecule has 0 saturated carbocycles. The van der Waals surface area contributed by atoms with Crippen LogP contribution >= 0.6 is 0 Å². The summed E-state index contributed by atoms with van der Waals surface area (Å²) in [5, 5.41) is 11.3. The zero-order chi connectivity index (χ0) is 27.8. The summed E-state index contributed by atoms with van der Waals surface area (Å²) in [5.41, 5.74) is 5.17.